The Morgan fingerprint density at radius 2 is 1.06 bits per heavy atom. The molecule has 0 N–H and O–H groups in total. The third-order valence-electron chi connectivity index (χ3n) is 6.32. The lowest BCUT2D eigenvalue weighted by molar-refractivity contribution is 0.212. The zero-order valence-corrected chi connectivity index (χ0v) is 21.0. The fraction of sp³-hybridized carbons (Fsp3) is 0.478. The summed E-state index contributed by atoms with van der Waals surface area (Å²) < 4.78 is 56.3. The van der Waals surface area contributed by atoms with Gasteiger partial charge in [0.05, 0.1) is 9.79 Å². The molecule has 0 spiro atoms. The Bertz CT molecular complexity index is 1230. The van der Waals surface area contributed by atoms with E-state index in [-0.39, 0.29) is 19.6 Å². The summed E-state index contributed by atoms with van der Waals surface area (Å²) in [5.41, 5.74) is 5.34. The van der Waals surface area contributed by atoms with Gasteiger partial charge in [-0.2, -0.15) is 8.61 Å². The molecule has 2 aromatic rings. The molecule has 8 heteroatoms. The average Bonchev–Trinajstić information content (AvgIpc) is 2.66. The number of piperazine rings is 1. The van der Waals surface area contributed by atoms with Crippen molar-refractivity contribution in [3.63, 3.8) is 0 Å². The van der Waals surface area contributed by atoms with E-state index in [9.17, 15) is 16.8 Å². The minimum absolute atomic E-state index is 0.123. The summed E-state index contributed by atoms with van der Waals surface area (Å²) in [7, 11) is -7.43. The Labute approximate surface area is 187 Å². The Hall–Kier alpha value is -1.74. The second-order valence-electron chi connectivity index (χ2n) is 8.73. The molecule has 0 radical (unpaired) electrons. The van der Waals surface area contributed by atoms with Gasteiger partial charge in [-0.3, -0.25) is 0 Å². The quantitative estimate of drug-likeness (QED) is 0.693. The van der Waals surface area contributed by atoms with Gasteiger partial charge in [0.1, 0.15) is 0 Å². The molecular formula is C23H32N2O4S2. The monoisotopic (exact) mass is 464 g/mol. The summed E-state index contributed by atoms with van der Waals surface area (Å²) in [4.78, 5) is 0.591. The summed E-state index contributed by atoms with van der Waals surface area (Å²) in [6, 6.07) is 6.73. The van der Waals surface area contributed by atoms with Crippen LogP contribution in [0.4, 0.5) is 0 Å². The second-order valence-corrected chi connectivity index (χ2v) is 12.5. The number of benzene rings is 2. The predicted molar refractivity (Wildman–Crippen MR) is 123 cm³/mol. The number of sulfonamides is 2. The van der Waals surface area contributed by atoms with E-state index in [4.69, 9.17) is 0 Å². The fourth-order valence-corrected chi connectivity index (χ4v) is 7.88. The van der Waals surface area contributed by atoms with Crippen molar-refractivity contribution >= 4 is 20.0 Å². The molecular weight excluding hydrogens is 432 g/mol. The Morgan fingerprint density at radius 3 is 1.52 bits per heavy atom. The van der Waals surface area contributed by atoms with Crippen LogP contribution in [0.1, 0.15) is 40.3 Å². The number of rotatable bonds is 4. The Balaban J connectivity index is 1.90. The van der Waals surface area contributed by atoms with Crippen LogP contribution in [0, 0.1) is 41.5 Å². The van der Waals surface area contributed by atoms with Gasteiger partial charge in [0, 0.05) is 25.7 Å². The number of aryl methyl sites for hydroxylation is 6. The lowest BCUT2D eigenvalue weighted by Crippen LogP contribution is -2.55. The molecule has 0 aromatic heterocycles. The minimum Gasteiger partial charge on any atom is -0.207 e. The molecule has 0 aliphatic carbocycles. The number of hydrogen-bond donors (Lipinski definition) is 0. The van der Waals surface area contributed by atoms with Crippen LogP contribution < -0.4 is 0 Å². The standard InChI is InChI=1S/C23H32N2O4S2/c1-15-10-19(5)22(12-17(15)3)30(26,27)24-8-9-25(21(7)14-24)31(28,29)23-13-18(4)16(2)11-20(23)6/h10-13,21H,8-9,14H2,1-7H3. The van der Waals surface area contributed by atoms with E-state index in [2.05, 4.69) is 0 Å². The Morgan fingerprint density at radius 1 is 0.645 bits per heavy atom. The fourth-order valence-electron chi connectivity index (χ4n) is 4.17. The zero-order chi connectivity index (χ0) is 23.3. The van der Waals surface area contributed by atoms with Crippen LogP contribution in [-0.2, 0) is 20.0 Å². The third-order valence-corrected chi connectivity index (χ3v) is 10.5. The molecule has 1 unspecified atom stereocenters. The van der Waals surface area contributed by atoms with Gasteiger partial charge in [0.25, 0.3) is 0 Å². The average molecular weight is 465 g/mol. The van der Waals surface area contributed by atoms with E-state index in [0.29, 0.717) is 20.9 Å². The van der Waals surface area contributed by atoms with E-state index < -0.39 is 26.1 Å². The molecule has 1 saturated heterocycles. The van der Waals surface area contributed by atoms with Crippen molar-refractivity contribution in [2.24, 2.45) is 0 Å². The van der Waals surface area contributed by atoms with E-state index in [1.165, 1.54) is 8.61 Å². The largest absolute Gasteiger partial charge is 0.243 e. The zero-order valence-electron chi connectivity index (χ0n) is 19.4. The summed E-state index contributed by atoms with van der Waals surface area (Å²) >= 11 is 0. The summed E-state index contributed by atoms with van der Waals surface area (Å²) in [5, 5.41) is 0. The van der Waals surface area contributed by atoms with Crippen LogP contribution in [0.3, 0.4) is 0 Å². The first-order valence-electron chi connectivity index (χ1n) is 10.4. The number of nitrogens with zero attached hydrogens (tertiary/aromatic N) is 2. The highest BCUT2D eigenvalue weighted by Crippen LogP contribution is 2.29. The molecule has 1 aliphatic rings. The van der Waals surface area contributed by atoms with Crippen molar-refractivity contribution < 1.29 is 16.8 Å². The van der Waals surface area contributed by atoms with Crippen LogP contribution in [0.2, 0.25) is 0 Å². The molecule has 3 rings (SSSR count). The first kappa shape index (κ1) is 23.9. The van der Waals surface area contributed by atoms with Crippen molar-refractivity contribution in [1.82, 2.24) is 8.61 Å². The molecule has 1 atom stereocenters. The number of hydrogen-bond acceptors (Lipinski definition) is 4. The molecule has 0 bridgehead atoms. The highest BCUT2D eigenvalue weighted by Gasteiger charge is 2.39. The van der Waals surface area contributed by atoms with E-state index in [1.54, 1.807) is 32.9 Å². The van der Waals surface area contributed by atoms with Crippen LogP contribution in [0.25, 0.3) is 0 Å². The molecule has 0 amide bonds. The van der Waals surface area contributed by atoms with Gasteiger partial charge in [-0.05, 0) is 94.0 Å². The van der Waals surface area contributed by atoms with Gasteiger partial charge < -0.3 is 0 Å². The smallest absolute Gasteiger partial charge is 0.207 e. The van der Waals surface area contributed by atoms with E-state index in [1.807, 2.05) is 39.8 Å². The maximum Gasteiger partial charge on any atom is 0.243 e. The summed E-state index contributed by atoms with van der Waals surface area (Å²) in [6.07, 6.45) is 0. The molecule has 2 aromatic carbocycles. The van der Waals surface area contributed by atoms with Crippen molar-refractivity contribution in [3.8, 4) is 0 Å². The van der Waals surface area contributed by atoms with Gasteiger partial charge >= 0.3 is 0 Å². The lowest BCUT2D eigenvalue weighted by Gasteiger charge is -2.38. The predicted octanol–water partition coefficient (Wildman–Crippen LogP) is 3.62. The lowest BCUT2D eigenvalue weighted by atomic mass is 10.1. The van der Waals surface area contributed by atoms with Gasteiger partial charge in [0.2, 0.25) is 20.0 Å². The molecule has 170 valence electrons. The van der Waals surface area contributed by atoms with Crippen LogP contribution in [0.5, 0.6) is 0 Å². The normalized spacial score (nSPS) is 19.0. The van der Waals surface area contributed by atoms with E-state index in [0.717, 1.165) is 22.3 Å². The summed E-state index contributed by atoms with van der Waals surface area (Å²) in [6.45, 7) is 13.4. The van der Waals surface area contributed by atoms with Crippen LogP contribution >= 0.6 is 0 Å². The van der Waals surface area contributed by atoms with Gasteiger partial charge in [-0.25, -0.2) is 16.8 Å². The van der Waals surface area contributed by atoms with Crippen LogP contribution in [-0.4, -0.2) is 51.1 Å². The molecule has 31 heavy (non-hydrogen) atoms. The third kappa shape index (κ3) is 4.31. The molecule has 1 fully saturated rings. The van der Waals surface area contributed by atoms with Crippen molar-refractivity contribution in [1.29, 1.82) is 0 Å². The Kier molecular flexibility index (Phi) is 6.41. The van der Waals surface area contributed by atoms with Gasteiger partial charge in [-0.1, -0.05) is 12.1 Å². The second kappa shape index (κ2) is 8.31. The molecule has 1 heterocycles. The molecule has 1 aliphatic heterocycles. The topological polar surface area (TPSA) is 74.8 Å². The summed E-state index contributed by atoms with van der Waals surface area (Å²) in [5.74, 6) is 0. The first-order chi connectivity index (χ1) is 14.3. The maximum absolute atomic E-state index is 13.4. The highest BCUT2D eigenvalue weighted by atomic mass is 32.2. The van der Waals surface area contributed by atoms with E-state index >= 15 is 0 Å². The SMILES string of the molecule is Cc1cc(C)c(S(=O)(=O)N2CCN(S(=O)(=O)c3cc(C)c(C)cc3C)C(C)C2)cc1C. The molecule has 6 nitrogen and oxygen atoms in total. The van der Waals surface area contributed by atoms with Gasteiger partial charge in [0.15, 0.2) is 0 Å². The minimum atomic E-state index is -3.72. The van der Waals surface area contributed by atoms with Crippen LogP contribution in [0.15, 0.2) is 34.1 Å². The van der Waals surface area contributed by atoms with Crippen molar-refractivity contribution in [2.75, 3.05) is 19.6 Å². The first-order valence-corrected chi connectivity index (χ1v) is 13.3. The van der Waals surface area contributed by atoms with Crippen molar-refractivity contribution in [2.45, 2.75) is 64.3 Å². The molecule has 0 saturated carbocycles. The maximum atomic E-state index is 13.4. The van der Waals surface area contributed by atoms with Gasteiger partial charge in [-0.15, -0.1) is 0 Å². The van der Waals surface area contributed by atoms with Crippen molar-refractivity contribution in [3.05, 3.63) is 57.6 Å². The highest BCUT2D eigenvalue weighted by molar-refractivity contribution is 7.89.